The molecular weight excluding hydrogens is 359 g/mol. The van der Waals surface area contributed by atoms with E-state index in [1.54, 1.807) is 12.1 Å². The van der Waals surface area contributed by atoms with E-state index in [0.29, 0.717) is 13.0 Å². The van der Waals surface area contributed by atoms with E-state index in [9.17, 15) is 14.3 Å². The molecule has 0 aliphatic carbocycles. The standard InChI is InChI=1S/C22H25FN2O3/c23-17-7-5-15(6-8-17)21-18-4-2-1-3-14(18)9-10-25(21)22(27)20-11-19(24)16(12-26)13-28-20/h1-8,16,19-21,26H,9-13,24H2/t16-,19+,20-,21+/m1/s1. The predicted octanol–water partition coefficient (Wildman–Crippen LogP) is 2.02. The molecule has 4 rings (SSSR count). The number of fused-ring (bicyclic) bond motifs is 1. The first-order valence-electron chi connectivity index (χ1n) is 9.70. The zero-order valence-corrected chi connectivity index (χ0v) is 15.6. The van der Waals surface area contributed by atoms with E-state index in [2.05, 4.69) is 6.07 Å². The Labute approximate surface area is 163 Å². The molecule has 2 aliphatic rings. The van der Waals surface area contributed by atoms with Crippen LogP contribution in [0.3, 0.4) is 0 Å². The van der Waals surface area contributed by atoms with Crippen LogP contribution >= 0.6 is 0 Å². The monoisotopic (exact) mass is 384 g/mol. The average Bonchev–Trinajstić information content (AvgIpc) is 2.73. The van der Waals surface area contributed by atoms with E-state index >= 15 is 0 Å². The normalized spacial score (nSPS) is 27.3. The molecule has 2 aromatic rings. The summed E-state index contributed by atoms with van der Waals surface area (Å²) in [4.78, 5) is 15.2. The lowest BCUT2D eigenvalue weighted by molar-refractivity contribution is -0.152. The van der Waals surface area contributed by atoms with Crippen molar-refractivity contribution in [1.29, 1.82) is 0 Å². The smallest absolute Gasteiger partial charge is 0.252 e. The van der Waals surface area contributed by atoms with Gasteiger partial charge < -0.3 is 20.5 Å². The van der Waals surface area contributed by atoms with Crippen LogP contribution < -0.4 is 5.73 Å². The molecule has 0 radical (unpaired) electrons. The maximum Gasteiger partial charge on any atom is 0.252 e. The number of amides is 1. The molecule has 3 N–H and O–H groups in total. The van der Waals surface area contributed by atoms with Gasteiger partial charge in [-0.25, -0.2) is 4.39 Å². The largest absolute Gasteiger partial charge is 0.396 e. The first-order valence-corrected chi connectivity index (χ1v) is 9.70. The van der Waals surface area contributed by atoms with Gasteiger partial charge in [0.05, 0.1) is 12.6 Å². The summed E-state index contributed by atoms with van der Waals surface area (Å²) in [5, 5.41) is 9.37. The summed E-state index contributed by atoms with van der Waals surface area (Å²) >= 11 is 0. The summed E-state index contributed by atoms with van der Waals surface area (Å²) in [7, 11) is 0. The highest BCUT2D eigenvalue weighted by atomic mass is 19.1. The summed E-state index contributed by atoms with van der Waals surface area (Å²) in [5.74, 6) is -0.544. The van der Waals surface area contributed by atoms with Crippen LogP contribution in [0.1, 0.15) is 29.2 Å². The number of benzene rings is 2. The number of rotatable bonds is 3. The summed E-state index contributed by atoms with van der Waals surface area (Å²) in [6, 6.07) is 13.8. The summed E-state index contributed by atoms with van der Waals surface area (Å²) < 4.78 is 19.2. The van der Waals surface area contributed by atoms with Crippen molar-refractivity contribution in [2.24, 2.45) is 11.7 Å². The molecule has 1 saturated heterocycles. The molecule has 0 bridgehead atoms. The van der Waals surface area contributed by atoms with E-state index < -0.39 is 6.10 Å². The number of halogens is 1. The van der Waals surface area contributed by atoms with Crippen molar-refractivity contribution in [2.45, 2.75) is 31.0 Å². The molecule has 2 aromatic carbocycles. The van der Waals surface area contributed by atoms with Crippen molar-refractivity contribution in [2.75, 3.05) is 19.8 Å². The molecule has 2 aliphatic heterocycles. The fraction of sp³-hybridized carbons (Fsp3) is 0.409. The van der Waals surface area contributed by atoms with E-state index in [0.717, 1.165) is 17.5 Å². The predicted molar refractivity (Wildman–Crippen MR) is 103 cm³/mol. The number of aliphatic hydroxyl groups is 1. The Morgan fingerprint density at radius 3 is 2.68 bits per heavy atom. The molecule has 1 fully saturated rings. The molecule has 148 valence electrons. The van der Waals surface area contributed by atoms with Gasteiger partial charge in [0.25, 0.3) is 5.91 Å². The van der Waals surface area contributed by atoms with Crippen LogP contribution in [-0.4, -0.2) is 47.8 Å². The average molecular weight is 384 g/mol. The first kappa shape index (κ1) is 19.1. The second-order valence-electron chi connectivity index (χ2n) is 7.60. The Hall–Kier alpha value is -2.28. The minimum atomic E-state index is -0.619. The summed E-state index contributed by atoms with van der Waals surface area (Å²) in [5.41, 5.74) is 9.26. The van der Waals surface area contributed by atoms with Crippen LogP contribution in [0.15, 0.2) is 48.5 Å². The Morgan fingerprint density at radius 2 is 1.96 bits per heavy atom. The molecule has 2 heterocycles. The van der Waals surface area contributed by atoms with Crippen molar-refractivity contribution in [1.82, 2.24) is 4.90 Å². The fourth-order valence-corrected chi connectivity index (χ4v) is 4.22. The highest BCUT2D eigenvalue weighted by molar-refractivity contribution is 5.82. The number of aliphatic hydroxyl groups excluding tert-OH is 1. The summed E-state index contributed by atoms with van der Waals surface area (Å²) in [6.45, 7) is 0.799. The second-order valence-corrected chi connectivity index (χ2v) is 7.60. The Kier molecular flexibility index (Phi) is 5.44. The molecule has 0 saturated carbocycles. The SMILES string of the molecule is N[C@H]1C[C@H](C(=O)N2CCc3ccccc3[C@@H]2c2ccc(F)cc2)OC[C@H]1CO. The number of hydrogen-bond acceptors (Lipinski definition) is 4. The number of nitrogens with two attached hydrogens (primary N) is 1. The number of nitrogens with zero attached hydrogens (tertiary/aromatic N) is 1. The van der Waals surface area contributed by atoms with Gasteiger partial charge in [-0.3, -0.25) is 4.79 Å². The lowest BCUT2D eigenvalue weighted by atomic mass is 9.87. The molecule has 0 aromatic heterocycles. The summed E-state index contributed by atoms with van der Waals surface area (Å²) in [6.07, 6.45) is 0.529. The van der Waals surface area contributed by atoms with Crippen molar-refractivity contribution in [3.8, 4) is 0 Å². The molecule has 5 nitrogen and oxygen atoms in total. The number of carbonyl (C=O) groups excluding carboxylic acids is 1. The second kappa shape index (κ2) is 7.99. The maximum absolute atomic E-state index is 13.5. The highest BCUT2D eigenvalue weighted by Crippen LogP contribution is 2.36. The van der Waals surface area contributed by atoms with Gasteiger partial charge in [0.15, 0.2) is 0 Å². The highest BCUT2D eigenvalue weighted by Gasteiger charge is 2.39. The van der Waals surface area contributed by atoms with Gasteiger partial charge in [-0.2, -0.15) is 0 Å². The minimum Gasteiger partial charge on any atom is -0.396 e. The van der Waals surface area contributed by atoms with E-state index in [1.807, 2.05) is 23.1 Å². The van der Waals surface area contributed by atoms with Gasteiger partial charge in [-0.15, -0.1) is 0 Å². The number of carbonyl (C=O) groups is 1. The van der Waals surface area contributed by atoms with Gasteiger partial charge >= 0.3 is 0 Å². The van der Waals surface area contributed by atoms with Crippen molar-refractivity contribution >= 4 is 5.91 Å². The van der Waals surface area contributed by atoms with Crippen LogP contribution in [0.25, 0.3) is 0 Å². The van der Waals surface area contributed by atoms with Gasteiger partial charge in [0, 0.05) is 25.1 Å². The van der Waals surface area contributed by atoms with Gasteiger partial charge in [0.2, 0.25) is 0 Å². The van der Waals surface area contributed by atoms with Crippen LogP contribution in [0, 0.1) is 11.7 Å². The van der Waals surface area contributed by atoms with Crippen LogP contribution in [0.4, 0.5) is 4.39 Å². The first-order chi connectivity index (χ1) is 13.6. The third-order valence-corrected chi connectivity index (χ3v) is 5.87. The number of hydrogen-bond donors (Lipinski definition) is 2. The quantitative estimate of drug-likeness (QED) is 0.849. The minimum absolute atomic E-state index is 0.0443. The Bertz CT molecular complexity index is 842. The Balaban J connectivity index is 1.65. The van der Waals surface area contributed by atoms with Gasteiger partial charge in [-0.1, -0.05) is 36.4 Å². The Morgan fingerprint density at radius 1 is 1.21 bits per heavy atom. The zero-order chi connectivity index (χ0) is 19.7. The molecule has 0 unspecified atom stereocenters. The molecule has 6 heteroatoms. The lowest BCUT2D eigenvalue weighted by Crippen LogP contribution is -2.52. The molecule has 4 atom stereocenters. The van der Waals surface area contributed by atoms with Crippen LogP contribution in [0.5, 0.6) is 0 Å². The maximum atomic E-state index is 13.5. The van der Waals surface area contributed by atoms with Crippen molar-refractivity contribution in [3.63, 3.8) is 0 Å². The van der Waals surface area contributed by atoms with E-state index in [1.165, 1.54) is 17.7 Å². The molecule has 0 spiro atoms. The molecular formula is C22H25FN2O3. The lowest BCUT2D eigenvalue weighted by Gasteiger charge is -2.41. The van der Waals surface area contributed by atoms with Gasteiger partial charge in [0.1, 0.15) is 11.9 Å². The third-order valence-electron chi connectivity index (χ3n) is 5.87. The van der Waals surface area contributed by atoms with Crippen molar-refractivity contribution in [3.05, 3.63) is 71.0 Å². The third kappa shape index (κ3) is 3.55. The topological polar surface area (TPSA) is 75.8 Å². The fourth-order valence-electron chi connectivity index (χ4n) is 4.22. The number of ether oxygens (including phenoxy) is 1. The van der Waals surface area contributed by atoms with Crippen molar-refractivity contribution < 1.29 is 19.0 Å². The van der Waals surface area contributed by atoms with E-state index in [-0.39, 0.29) is 42.9 Å². The van der Waals surface area contributed by atoms with Crippen LogP contribution in [0.2, 0.25) is 0 Å². The van der Waals surface area contributed by atoms with Crippen LogP contribution in [-0.2, 0) is 16.0 Å². The zero-order valence-electron chi connectivity index (χ0n) is 15.6. The molecule has 28 heavy (non-hydrogen) atoms. The van der Waals surface area contributed by atoms with Gasteiger partial charge in [-0.05, 0) is 41.7 Å². The van der Waals surface area contributed by atoms with E-state index in [4.69, 9.17) is 10.5 Å². The molecule has 1 amide bonds.